The maximum Gasteiger partial charge on any atom is 0.408 e. The Hall–Kier alpha value is -3.78. The number of rotatable bonds is 7. The van der Waals surface area contributed by atoms with Crippen LogP contribution >= 0.6 is 11.3 Å². The molecule has 4 aromatic rings. The smallest absolute Gasteiger partial charge is 0.366 e. The predicted octanol–water partition coefficient (Wildman–Crippen LogP) is 5.12. The van der Waals surface area contributed by atoms with Crippen LogP contribution in [0.15, 0.2) is 42.6 Å². The van der Waals surface area contributed by atoms with E-state index in [-0.39, 0.29) is 22.3 Å². The largest absolute Gasteiger partial charge is 0.408 e. The molecule has 10 nitrogen and oxygen atoms in total. The fraction of sp³-hybridized carbons (Fsp3) is 0.464. The summed E-state index contributed by atoms with van der Waals surface area (Å²) in [6, 6.07) is 0.529. The number of pyridine rings is 1. The second-order valence-corrected chi connectivity index (χ2v) is 12.0. The summed E-state index contributed by atoms with van der Waals surface area (Å²) in [5.74, 6) is 0.339. The number of nitrogens with zero attached hydrogens (tertiary/aromatic N) is 8. The van der Waals surface area contributed by atoms with E-state index in [2.05, 4.69) is 35.1 Å². The highest BCUT2D eigenvalue weighted by Gasteiger charge is 2.39. The van der Waals surface area contributed by atoms with E-state index in [4.69, 9.17) is 0 Å². The number of carbonyl (C=O) groups excluding carboxylic acids is 1. The van der Waals surface area contributed by atoms with Gasteiger partial charge in [0, 0.05) is 55.6 Å². The third kappa shape index (κ3) is 5.17. The Labute approximate surface area is 244 Å². The minimum atomic E-state index is -4.43. The quantitative estimate of drug-likeness (QED) is 0.316. The Morgan fingerprint density at radius 3 is 2.79 bits per heavy atom. The average molecular weight is 598 g/mol. The molecule has 220 valence electrons. The zero-order chi connectivity index (χ0) is 29.0. The fourth-order valence-electron chi connectivity index (χ4n) is 5.84. The summed E-state index contributed by atoms with van der Waals surface area (Å²) in [6.45, 7) is 5.00. The van der Waals surface area contributed by atoms with Crippen LogP contribution in [0.1, 0.15) is 60.7 Å². The van der Waals surface area contributed by atoms with Crippen molar-refractivity contribution in [2.24, 2.45) is 0 Å². The van der Waals surface area contributed by atoms with E-state index in [1.54, 1.807) is 24.0 Å². The van der Waals surface area contributed by atoms with E-state index < -0.39 is 18.1 Å². The molecule has 7 rings (SSSR count). The molecule has 4 aromatic heterocycles. The van der Waals surface area contributed by atoms with Crippen molar-refractivity contribution in [2.75, 3.05) is 36.4 Å². The maximum absolute atomic E-state index is 13.3. The van der Waals surface area contributed by atoms with E-state index in [1.165, 1.54) is 25.2 Å². The SMILES string of the molecule is C[C@H](n1ccnc1-c1nc(NC(=O)c2cc(-n3cnc(C4CC4)c3)c(N3CCN4CCCC4C3)cn2)cs1)C(F)(F)F. The first kappa shape index (κ1) is 27.1. The minimum Gasteiger partial charge on any atom is -0.366 e. The van der Waals surface area contributed by atoms with Crippen LogP contribution in [0.5, 0.6) is 0 Å². The van der Waals surface area contributed by atoms with Gasteiger partial charge in [-0.25, -0.2) is 19.9 Å². The molecule has 0 radical (unpaired) electrons. The van der Waals surface area contributed by atoms with Crippen LogP contribution in [0.25, 0.3) is 16.5 Å². The summed E-state index contributed by atoms with van der Waals surface area (Å²) in [6.07, 6.45) is 8.44. The van der Waals surface area contributed by atoms with Crippen molar-refractivity contribution in [1.29, 1.82) is 0 Å². The Morgan fingerprint density at radius 1 is 1.12 bits per heavy atom. The fourth-order valence-corrected chi connectivity index (χ4v) is 6.59. The molecule has 42 heavy (non-hydrogen) atoms. The average Bonchev–Trinajstić information content (AvgIpc) is 3.42. The van der Waals surface area contributed by atoms with Gasteiger partial charge in [0.2, 0.25) is 0 Å². The van der Waals surface area contributed by atoms with Crippen LogP contribution in [-0.2, 0) is 0 Å². The van der Waals surface area contributed by atoms with Crippen LogP contribution in [0.4, 0.5) is 24.7 Å². The highest BCUT2D eigenvalue weighted by Crippen LogP contribution is 2.40. The first-order valence-corrected chi connectivity index (χ1v) is 15.0. The molecule has 2 aliphatic heterocycles. The third-order valence-corrected chi connectivity index (χ3v) is 9.23. The topological polar surface area (TPSA) is 97.0 Å². The van der Waals surface area contributed by atoms with E-state index >= 15 is 0 Å². The summed E-state index contributed by atoms with van der Waals surface area (Å²) in [7, 11) is 0. The Morgan fingerprint density at radius 2 is 1.98 bits per heavy atom. The van der Waals surface area contributed by atoms with Gasteiger partial charge in [-0.05, 0) is 45.2 Å². The van der Waals surface area contributed by atoms with Gasteiger partial charge in [0.1, 0.15) is 17.6 Å². The summed E-state index contributed by atoms with van der Waals surface area (Å²) < 4.78 is 43.0. The lowest BCUT2D eigenvalue weighted by Gasteiger charge is -2.39. The second kappa shape index (κ2) is 10.5. The van der Waals surface area contributed by atoms with Crippen molar-refractivity contribution < 1.29 is 18.0 Å². The number of imidazole rings is 2. The molecule has 0 bridgehead atoms. The number of hydrogen-bond donors (Lipinski definition) is 1. The molecule has 1 N–H and O–H groups in total. The van der Waals surface area contributed by atoms with Crippen molar-refractivity contribution in [3.05, 3.63) is 53.9 Å². The van der Waals surface area contributed by atoms with Crippen molar-refractivity contribution in [1.82, 2.24) is 34.0 Å². The number of amides is 1. The predicted molar refractivity (Wildman–Crippen MR) is 152 cm³/mol. The molecule has 1 aliphatic carbocycles. The van der Waals surface area contributed by atoms with E-state index in [0.717, 1.165) is 78.9 Å². The van der Waals surface area contributed by atoms with Crippen molar-refractivity contribution in [3.63, 3.8) is 0 Å². The first-order chi connectivity index (χ1) is 20.2. The van der Waals surface area contributed by atoms with Crippen LogP contribution in [0.2, 0.25) is 0 Å². The van der Waals surface area contributed by atoms with E-state index in [1.807, 2.05) is 10.8 Å². The maximum atomic E-state index is 13.3. The summed E-state index contributed by atoms with van der Waals surface area (Å²) in [5.41, 5.74) is 3.05. The second-order valence-electron chi connectivity index (χ2n) is 11.2. The van der Waals surface area contributed by atoms with Gasteiger partial charge in [0.05, 0.1) is 29.6 Å². The first-order valence-electron chi connectivity index (χ1n) is 14.1. The molecule has 2 atom stereocenters. The molecular formula is C28H30F3N9OS. The number of alkyl halides is 3. The number of aromatic nitrogens is 6. The highest BCUT2D eigenvalue weighted by atomic mass is 32.1. The third-order valence-electron chi connectivity index (χ3n) is 8.40. The molecule has 3 aliphatic rings. The summed E-state index contributed by atoms with van der Waals surface area (Å²) in [5, 5.41) is 4.61. The van der Waals surface area contributed by atoms with E-state index in [9.17, 15) is 18.0 Å². The number of nitrogens with one attached hydrogen (secondary N) is 1. The number of carbonyl (C=O) groups is 1. The van der Waals surface area contributed by atoms with Gasteiger partial charge in [0.15, 0.2) is 10.8 Å². The lowest BCUT2D eigenvalue weighted by molar-refractivity contribution is -0.162. The molecule has 2 saturated heterocycles. The lowest BCUT2D eigenvalue weighted by Crippen LogP contribution is -2.50. The van der Waals surface area contributed by atoms with Crippen molar-refractivity contribution >= 4 is 28.7 Å². The van der Waals surface area contributed by atoms with Gasteiger partial charge in [0.25, 0.3) is 5.91 Å². The molecule has 1 saturated carbocycles. The van der Waals surface area contributed by atoms with Crippen LogP contribution in [0, 0.1) is 0 Å². The number of thiazole rings is 1. The zero-order valence-electron chi connectivity index (χ0n) is 23.0. The molecule has 3 fully saturated rings. The van der Waals surface area contributed by atoms with Crippen LogP contribution in [-0.4, -0.2) is 78.3 Å². The van der Waals surface area contributed by atoms with Crippen molar-refractivity contribution in [2.45, 2.75) is 56.8 Å². The molecule has 14 heteroatoms. The van der Waals surface area contributed by atoms with Crippen molar-refractivity contribution in [3.8, 4) is 16.5 Å². The number of piperazine rings is 1. The Balaban J connectivity index is 1.15. The highest BCUT2D eigenvalue weighted by molar-refractivity contribution is 7.13. The Kier molecular flexibility index (Phi) is 6.76. The molecular weight excluding hydrogens is 567 g/mol. The van der Waals surface area contributed by atoms with Gasteiger partial charge in [-0.2, -0.15) is 13.2 Å². The molecule has 0 aromatic carbocycles. The van der Waals surface area contributed by atoms with Gasteiger partial charge in [-0.3, -0.25) is 9.69 Å². The molecule has 0 spiro atoms. The molecule has 1 unspecified atom stereocenters. The number of anilines is 2. The number of hydrogen-bond acceptors (Lipinski definition) is 8. The normalized spacial score (nSPS) is 20.1. The standard InChI is InChI=1S/C28H30F3N9OS/c1-17(28(29,30)31)40-8-6-32-25(40)27-36-24(15-42-27)35-26(41)20-11-22(39-14-21(34-16-39)18-4-5-18)23(12-33-20)38-10-9-37-7-2-3-19(37)13-38/h6,8,11-12,14-19H,2-5,7,9-10,13H2,1H3,(H,35,41)/t17-,19?/m0/s1. The minimum absolute atomic E-state index is 0.0871. The number of fused-ring (bicyclic) bond motifs is 1. The van der Waals surface area contributed by atoms with Gasteiger partial charge >= 0.3 is 6.18 Å². The summed E-state index contributed by atoms with van der Waals surface area (Å²) >= 11 is 1.11. The van der Waals surface area contributed by atoms with Gasteiger partial charge < -0.3 is 19.4 Å². The Bertz CT molecular complexity index is 1610. The van der Waals surface area contributed by atoms with E-state index in [0.29, 0.717) is 12.0 Å². The zero-order valence-corrected chi connectivity index (χ0v) is 23.8. The monoisotopic (exact) mass is 597 g/mol. The number of halogens is 3. The van der Waals surface area contributed by atoms with Gasteiger partial charge in [-0.15, -0.1) is 11.3 Å². The summed E-state index contributed by atoms with van der Waals surface area (Å²) in [4.78, 5) is 35.8. The molecule has 1 amide bonds. The lowest BCUT2D eigenvalue weighted by atomic mass is 10.1. The molecule has 6 heterocycles. The van der Waals surface area contributed by atoms with Crippen LogP contribution in [0.3, 0.4) is 0 Å². The van der Waals surface area contributed by atoms with Gasteiger partial charge in [-0.1, -0.05) is 0 Å². The van der Waals surface area contributed by atoms with Crippen LogP contribution < -0.4 is 10.2 Å².